The van der Waals surface area contributed by atoms with Crippen LogP contribution in [0.1, 0.15) is 40.7 Å². The minimum Gasteiger partial charge on any atom is -0.381 e. The number of benzene rings is 1. The Morgan fingerprint density at radius 1 is 1.17 bits per heavy atom. The summed E-state index contributed by atoms with van der Waals surface area (Å²) in [4.78, 5) is 17.6. The van der Waals surface area contributed by atoms with E-state index in [1.54, 1.807) is 0 Å². The lowest BCUT2D eigenvalue weighted by atomic mass is 9.90. The lowest BCUT2D eigenvalue weighted by Crippen LogP contribution is -2.43. The number of ether oxygens (including phenoxy) is 1. The highest BCUT2D eigenvalue weighted by atomic mass is 16.5. The maximum atomic E-state index is 12.8. The summed E-state index contributed by atoms with van der Waals surface area (Å²) in [5.74, 6) is 0.798. The number of nitrogens with zero attached hydrogens (tertiary/aromatic N) is 2. The minimum atomic E-state index is 0.305. The van der Waals surface area contributed by atoms with Gasteiger partial charge in [0.25, 0.3) is 0 Å². The molecule has 3 rings (SSSR count). The van der Waals surface area contributed by atoms with Crippen LogP contribution in [0.3, 0.4) is 0 Å². The van der Waals surface area contributed by atoms with Gasteiger partial charge >= 0.3 is 0 Å². The lowest BCUT2D eigenvalue weighted by molar-refractivity contribution is 0.0601. The molecule has 0 unspecified atom stereocenters. The molecule has 0 radical (unpaired) electrons. The van der Waals surface area contributed by atoms with E-state index in [9.17, 15) is 4.79 Å². The first-order chi connectivity index (χ1) is 11.6. The summed E-state index contributed by atoms with van der Waals surface area (Å²) in [6, 6.07) is 6.43. The third-order valence-electron chi connectivity index (χ3n) is 5.42. The van der Waals surface area contributed by atoms with Crippen LogP contribution in [0.2, 0.25) is 0 Å². The molecule has 2 aliphatic heterocycles. The highest BCUT2D eigenvalue weighted by Crippen LogP contribution is 2.23. The number of rotatable bonds is 5. The van der Waals surface area contributed by atoms with Gasteiger partial charge in [-0.05, 0) is 49.9 Å². The summed E-state index contributed by atoms with van der Waals surface area (Å²) >= 11 is 0. The Kier molecular flexibility index (Phi) is 6.04. The van der Waals surface area contributed by atoms with Crippen molar-refractivity contribution >= 4 is 5.78 Å². The Morgan fingerprint density at radius 3 is 2.58 bits per heavy atom. The molecule has 0 N–H and O–H groups in total. The zero-order valence-corrected chi connectivity index (χ0v) is 15.1. The molecule has 2 saturated heterocycles. The molecule has 24 heavy (non-hydrogen) atoms. The molecule has 0 amide bonds. The molecule has 1 aromatic rings. The Bertz CT molecular complexity index is 559. The summed E-state index contributed by atoms with van der Waals surface area (Å²) in [5, 5.41) is 0. The molecule has 0 aromatic heterocycles. The van der Waals surface area contributed by atoms with Crippen LogP contribution in [-0.4, -0.2) is 62.0 Å². The van der Waals surface area contributed by atoms with E-state index in [-0.39, 0.29) is 0 Å². The van der Waals surface area contributed by atoms with Gasteiger partial charge < -0.3 is 9.64 Å². The first kappa shape index (κ1) is 17.6. The molecule has 2 fully saturated rings. The highest BCUT2D eigenvalue weighted by molar-refractivity contribution is 5.97. The molecule has 2 aliphatic rings. The van der Waals surface area contributed by atoms with Crippen LogP contribution in [0.4, 0.5) is 0 Å². The van der Waals surface area contributed by atoms with Crippen LogP contribution in [0.5, 0.6) is 0 Å². The average Bonchev–Trinajstić information content (AvgIpc) is 2.59. The smallest absolute Gasteiger partial charge is 0.163 e. The molecule has 0 saturated carbocycles. The van der Waals surface area contributed by atoms with Gasteiger partial charge in [-0.3, -0.25) is 9.69 Å². The molecule has 1 aromatic carbocycles. The van der Waals surface area contributed by atoms with Crippen LogP contribution in [0, 0.1) is 12.8 Å². The monoisotopic (exact) mass is 330 g/mol. The van der Waals surface area contributed by atoms with Crippen LogP contribution < -0.4 is 0 Å². The van der Waals surface area contributed by atoms with Crippen molar-refractivity contribution in [3.8, 4) is 0 Å². The molecular formula is C20H30N2O2. The maximum Gasteiger partial charge on any atom is 0.163 e. The number of carbonyl (C=O) groups is 1. The van der Waals surface area contributed by atoms with Crippen molar-refractivity contribution in [1.29, 1.82) is 0 Å². The maximum absolute atomic E-state index is 12.8. The number of likely N-dealkylation sites (N-methyl/N-ethyl adjacent to an activating group) is 1. The van der Waals surface area contributed by atoms with Gasteiger partial charge in [0.1, 0.15) is 0 Å². The minimum absolute atomic E-state index is 0.305. The number of hydrogen-bond acceptors (Lipinski definition) is 4. The molecule has 4 nitrogen and oxygen atoms in total. The first-order valence-electron chi connectivity index (χ1n) is 9.23. The Balaban J connectivity index is 1.63. The topological polar surface area (TPSA) is 32.8 Å². The van der Waals surface area contributed by atoms with Crippen molar-refractivity contribution in [3.63, 3.8) is 0 Å². The standard InChI is InChI=1S/C20H30N2O2/c1-16-3-4-18(15-22-9-7-21(2)8-10-22)13-19(16)20(23)14-17-5-11-24-12-6-17/h3-4,13,17H,5-12,14-15H2,1-2H3. The van der Waals surface area contributed by atoms with Crippen molar-refractivity contribution < 1.29 is 9.53 Å². The van der Waals surface area contributed by atoms with Gasteiger partial charge in [-0.25, -0.2) is 0 Å². The highest BCUT2D eigenvalue weighted by Gasteiger charge is 2.20. The van der Waals surface area contributed by atoms with Crippen molar-refractivity contribution in [2.75, 3.05) is 46.4 Å². The van der Waals surface area contributed by atoms with Crippen molar-refractivity contribution in [3.05, 3.63) is 34.9 Å². The van der Waals surface area contributed by atoms with Gasteiger partial charge in [0.15, 0.2) is 5.78 Å². The quantitative estimate of drug-likeness (QED) is 0.777. The Hall–Kier alpha value is -1.23. The zero-order chi connectivity index (χ0) is 16.9. The molecular weight excluding hydrogens is 300 g/mol. The normalized spacial score (nSPS) is 21.1. The van der Waals surface area contributed by atoms with Gasteiger partial charge in [-0.1, -0.05) is 12.1 Å². The molecule has 132 valence electrons. The van der Waals surface area contributed by atoms with Gasteiger partial charge in [-0.2, -0.15) is 0 Å². The Labute approximate surface area is 145 Å². The van der Waals surface area contributed by atoms with Gasteiger partial charge in [0.05, 0.1) is 0 Å². The first-order valence-corrected chi connectivity index (χ1v) is 9.23. The third kappa shape index (κ3) is 4.65. The number of aryl methyl sites for hydroxylation is 1. The van der Waals surface area contributed by atoms with E-state index in [1.807, 2.05) is 0 Å². The predicted molar refractivity (Wildman–Crippen MR) is 96.4 cm³/mol. The molecule has 0 aliphatic carbocycles. The fourth-order valence-corrected chi connectivity index (χ4v) is 3.65. The largest absolute Gasteiger partial charge is 0.381 e. The van der Waals surface area contributed by atoms with E-state index in [2.05, 4.69) is 42.0 Å². The fraction of sp³-hybridized carbons (Fsp3) is 0.650. The van der Waals surface area contributed by atoms with Crippen LogP contribution in [0.15, 0.2) is 18.2 Å². The van der Waals surface area contributed by atoms with Gasteiger partial charge in [0, 0.05) is 57.9 Å². The van der Waals surface area contributed by atoms with Crippen molar-refractivity contribution in [1.82, 2.24) is 9.80 Å². The summed E-state index contributed by atoms with van der Waals surface area (Å²) < 4.78 is 5.40. The van der Waals surface area contributed by atoms with Crippen LogP contribution in [0.25, 0.3) is 0 Å². The fourth-order valence-electron chi connectivity index (χ4n) is 3.65. The van der Waals surface area contributed by atoms with E-state index < -0.39 is 0 Å². The summed E-state index contributed by atoms with van der Waals surface area (Å²) in [6.45, 7) is 9.08. The second-order valence-corrected chi connectivity index (χ2v) is 7.41. The van der Waals surface area contributed by atoms with Crippen LogP contribution in [-0.2, 0) is 11.3 Å². The van der Waals surface area contributed by atoms with Crippen molar-refractivity contribution in [2.45, 2.75) is 32.7 Å². The molecule has 0 spiro atoms. The van der Waals surface area contributed by atoms with Gasteiger partial charge in [-0.15, -0.1) is 0 Å². The molecule has 0 bridgehead atoms. The summed E-state index contributed by atoms with van der Waals surface area (Å²) in [7, 11) is 2.18. The van der Waals surface area contributed by atoms with Crippen molar-refractivity contribution in [2.24, 2.45) is 5.92 Å². The number of piperazine rings is 1. The zero-order valence-electron chi connectivity index (χ0n) is 15.1. The SMILES string of the molecule is Cc1ccc(CN2CCN(C)CC2)cc1C(=O)CC1CCOCC1. The third-order valence-corrected chi connectivity index (χ3v) is 5.42. The average molecular weight is 330 g/mol. The van der Waals surface area contributed by atoms with E-state index >= 15 is 0 Å². The second kappa shape index (κ2) is 8.24. The predicted octanol–water partition coefficient (Wildman–Crippen LogP) is 2.74. The van der Waals surface area contributed by atoms with E-state index in [0.29, 0.717) is 18.1 Å². The van der Waals surface area contributed by atoms with E-state index in [4.69, 9.17) is 4.74 Å². The number of carbonyl (C=O) groups excluding carboxylic acids is 1. The summed E-state index contributed by atoms with van der Waals surface area (Å²) in [6.07, 6.45) is 2.71. The lowest BCUT2D eigenvalue weighted by Gasteiger charge is -2.32. The Morgan fingerprint density at radius 2 is 1.88 bits per heavy atom. The second-order valence-electron chi connectivity index (χ2n) is 7.41. The van der Waals surface area contributed by atoms with E-state index in [0.717, 1.165) is 69.9 Å². The van der Waals surface area contributed by atoms with E-state index in [1.165, 1.54) is 5.56 Å². The number of hydrogen-bond donors (Lipinski definition) is 0. The molecule has 2 heterocycles. The number of ketones is 1. The van der Waals surface area contributed by atoms with Crippen LogP contribution >= 0.6 is 0 Å². The summed E-state index contributed by atoms with van der Waals surface area (Å²) in [5.41, 5.74) is 3.29. The molecule has 0 atom stereocenters. The molecule has 4 heteroatoms. The van der Waals surface area contributed by atoms with Gasteiger partial charge in [0.2, 0.25) is 0 Å². The number of Topliss-reactive ketones (excluding diaryl/α,β-unsaturated/α-hetero) is 1.